The Kier molecular flexibility index (Phi) is 6.58. The van der Waals surface area contributed by atoms with Gasteiger partial charge in [0, 0.05) is 38.3 Å². The van der Waals surface area contributed by atoms with Crippen LogP contribution < -0.4 is 10.9 Å². The molecule has 2 rings (SSSR count). The van der Waals surface area contributed by atoms with Crippen LogP contribution in [0.1, 0.15) is 49.9 Å². The van der Waals surface area contributed by atoms with Gasteiger partial charge in [-0.2, -0.15) is 0 Å². The molecule has 2 N–H and O–H groups in total. The molecule has 1 aliphatic rings. The maximum atomic E-state index is 12.2. The fraction of sp³-hybridized carbons (Fsp3) is 0.611. The summed E-state index contributed by atoms with van der Waals surface area (Å²) in [5, 5.41) is 2.92. The van der Waals surface area contributed by atoms with Gasteiger partial charge in [-0.3, -0.25) is 14.4 Å². The smallest absolute Gasteiger partial charge is 0.252 e. The molecule has 2 heterocycles. The normalized spacial score (nSPS) is 20.7. The molecule has 2 unspecified atom stereocenters. The van der Waals surface area contributed by atoms with Crippen LogP contribution in [-0.4, -0.2) is 41.3 Å². The molecular weight excluding hydrogens is 306 g/mol. The van der Waals surface area contributed by atoms with Crippen molar-refractivity contribution in [2.24, 2.45) is 11.8 Å². The minimum Gasteiger partial charge on any atom is -0.352 e. The van der Waals surface area contributed by atoms with Gasteiger partial charge in [-0.1, -0.05) is 20.3 Å². The number of carbonyl (C=O) groups excluding carboxylic acids is 2. The van der Waals surface area contributed by atoms with Crippen LogP contribution in [0.3, 0.4) is 0 Å². The lowest BCUT2D eigenvalue weighted by molar-refractivity contribution is -0.133. The number of piperidine rings is 1. The largest absolute Gasteiger partial charge is 0.352 e. The number of nitrogens with one attached hydrogen (secondary N) is 2. The van der Waals surface area contributed by atoms with E-state index in [1.54, 1.807) is 0 Å². The Morgan fingerprint density at radius 1 is 1.38 bits per heavy atom. The minimum atomic E-state index is -0.228. The number of nitrogens with zero attached hydrogens (tertiary/aromatic N) is 1. The summed E-state index contributed by atoms with van der Waals surface area (Å²) in [5.41, 5.74) is 0.211. The number of carbonyl (C=O) groups is 2. The summed E-state index contributed by atoms with van der Waals surface area (Å²) in [6.45, 7) is 6.31. The Balaban J connectivity index is 1.87. The standard InChI is InChI=1S/C18H27N3O3/c1-3-4-5-17(23)21-9-8-13(2)15(12-21)11-20-18(24)14-6-7-16(22)19-10-14/h6-7,10,13,15H,3-5,8-9,11-12H2,1-2H3,(H,19,22)(H,20,24). The lowest BCUT2D eigenvalue weighted by Crippen LogP contribution is -2.47. The number of aromatic amines is 1. The van der Waals surface area contributed by atoms with Crippen LogP contribution in [0, 0.1) is 11.8 Å². The van der Waals surface area contributed by atoms with E-state index in [-0.39, 0.29) is 23.3 Å². The molecule has 0 radical (unpaired) electrons. The van der Waals surface area contributed by atoms with Crippen LogP contribution in [0.5, 0.6) is 0 Å². The van der Waals surface area contributed by atoms with Gasteiger partial charge in [-0.15, -0.1) is 0 Å². The third kappa shape index (κ3) is 4.94. The highest BCUT2D eigenvalue weighted by atomic mass is 16.2. The third-order valence-corrected chi connectivity index (χ3v) is 4.78. The lowest BCUT2D eigenvalue weighted by Gasteiger charge is -2.37. The number of aromatic nitrogens is 1. The zero-order valence-corrected chi connectivity index (χ0v) is 14.5. The average molecular weight is 333 g/mol. The summed E-state index contributed by atoms with van der Waals surface area (Å²) in [5.74, 6) is 0.751. The first-order valence-electron chi connectivity index (χ1n) is 8.76. The van der Waals surface area contributed by atoms with Gasteiger partial charge in [0.05, 0.1) is 5.56 Å². The number of amides is 2. The molecule has 6 heteroatoms. The van der Waals surface area contributed by atoms with E-state index in [1.165, 1.54) is 18.3 Å². The van der Waals surface area contributed by atoms with Crippen molar-refractivity contribution in [2.45, 2.75) is 39.5 Å². The number of H-pyrrole nitrogens is 1. The van der Waals surface area contributed by atoms with E-state index in [2.05, 4.69) is 24.1 Å². The first kappa shape index (κ1) is 18.2. The minimum absolute atomic E-state index is 0.201. The van der Waals surface area contributed by atoms with Crippen LogP contribution in [0.15, 0.2) is 23.1 Å². The van der Waals surface area contributed by atoms with Crippen LogP contribution >= 0.6 is 0 Å². The summed E-state index contributed by atoms with van der Waals surface area (Å²) in [7, 11) is 0. The molecule has 0 spiro atoms. The molecule has 1 aromatic rings. The molecule has 1 saturated heterocycles. The first-order valence-corrected chi connectivity index (χ1v) is 8.76. The maximum absolute atomic E-state index is 12.2. The summed E-state index contributed by atoms with van der Waals surface area (Å²) in [6.07, 6.45) is 4.95. The van der Waals surface area contributed by atoms with Gasteiger partial charge in [0.25, 0.3) is 5.91 Å². The van der Waals surface area contributed by atoms with E-state index in [0.717, 1.165) is 25.8 Å². The first-order chi connectivity index (χ1) is 11.5. The number of likely N-dealkylation sites (tertiary alicyclic amines) is 1. The van der Waals surface area contributed by atoms with E-state index in [1.807, 2.05) is 4.90 Å². The van der Waals surface area contributed by atoms with Gasteiger partial charge in [0.15, 0.2) is 0 Å². The van der Waals surface area contributed by atoms with Crippen LogP contribution in [0.4, 0.5) is 0 Å². The summed E-state index contributed by atoms with van der Waals surface area (Å²) in [4.78, 5) is 39.8. The zero-order valence-electron chi connectivity index (χ0n) is 14.5. The molecule has 6 nitrogen and oxygen atoms in total. The van der Waals surface area contributed by atoms with Crippen LogP contribution in [0.25, 0.3) is 0 Å². The molecule has 24 heavy (non-hydrogen) atoms. The van der Waals surface area contributed by atoms with Crippen molar-refractivity contribution in [2.75, 3.05) is 19.6 Å². The number of rotatable bonds is 6. The number of unbranched alkanes of at least 4 members (excludes halogenated alkanes) is 1. The molecule has 132 valence electrons. The predicted octanol–water partition coefficient (Wildman–Crippen LogP) is 1.78. The Bertz CT molecular complexity index is 606. The van der Waals surface area contributed by atoms with E-state index < -0.39 is 0 Å². The van der Waals surface area contributed by atoms with Gasteiger partial charge in [-0.05, 0) is 30.7 Å². The number of hydrogen-bond donors (Lipinski definition) is 2. The Labute approximate surface area is 142 Å². The highest BCUT2D eigenvalue weighted by Crippen LogP contribution is 2.23. The second-order valence-electron chi connectivity index (χ2n) is 6.62. The van der Waals surface area contributed by atoms with Crippen molar-refractivity contribution in [3.8, 4) is 0 Å². The van der Waals surface area contributed by atoms with Gasteiger partial charge in [0.1, 0.15) is 0 Å². The SMILES string of the molecule is CCCCC(=O)N1CCC(C)C(CNC(=O)c2ccc(=O)[nH]c2)C1. The molecule has 0 aromatic carbocycles. The fourth-order valence-corrected chi connectivity index (χ4v) is 3.01. The molecular formula is C18H27N3O3. The molecule has 2 atom stereocenters. The topological polar surface area (TPSA) is 82.3 Å². The molecule has 2 amide bonds. The van der Waals surface area contributed by atoms with Crippen LogP contribution in [0.2, 0.25) is 0 Å². The van der Waals surface area contributed by atoms with Crippen molar-refractivity contribution in [3.63, 3.8) is 0 Å². The second-order valence-corrected chi connectivity index (χ2v) is 6.62. The monoisotopic (exact) mass is 333 g/mol. The molecule has 1 fully saturated rings. The third-order valence-electron chi connectivity index (χ3n) is 4.78. The van der Waals surface area contributed by atoms with E-state index in [0.29, 0.717) is 31.0 Å². The van der Waals surface area contributed by atoms with Crippen molar-refractivity contribution in [3.05, 3.63) is 34.2 Å². The van der Waals surface area contributed by atoms with Crippen molar-refractivity contribution < 1.29 is 9.59 Å². The maximum Gasteiger partial charge on any atom is 0.252 e. The van der Waals surface area contributed by atoms with Gasteiger partial charge in [0.2, 0.25) is 11.5 Å². The zero-order chi connectivity index (χ0) is 17.5. The lowest BCUT2D eigenvalue weighted by atomic mass is 9.86. The number of hydrogen-bond acceptors (Lipinski definition) is 3. The summed E-state index contributed by atoms with van der Waals surface area (Å²) >= 11 is 0. The molecule has 1 aromatic heterocycles. The Morgan fingerprint density at radius 3 is 2.83 bits per heavy atom. The quantitative estimate of drug-likeness (QED) is 0.832. The van der Waals surface area contributed by atoms with E-state index in [9.17, 15) is 14.4 Å². The average Bonchev–Trinajstić information content (AvgIpc) is 2.59. The van der Waals surface area contributed by atoms with Crippen molar-refractivity contribution in [1.29, 1.82) is 0 Å². The molecule has 0 saturated carbocycles. The summed E-state index contributed by atoms with van der Waals surface area (Å²) < 4.78 is 0. The fourth-order valence-electron chi connectivity index (χ4n) is 3.01. The number of pyridine rings is 1. The Hall–Kier alpha value is -2.11. The van der Waals surface area contributed by atoms with Crippen molar-refractivity contribution >= 4 is 11.8 Å². The van der Waals surface area contributed by atoms with Gasteiger partial charge >= 0.3 is 0 Å². The van der Waals surface area contributed by atoms with E-state index >= 15 is 0 Å². The highest BCUT2D eigenvalue weighted by molar-refractivity contribution is 5.93. The molecule has 1 aliphatic heterocycles. The molecule has 0 aliphatic carbocycles. The van der Waals surface area contributed by atoms with Crippen LogP contribution in [-0.2, 0) is 4.79 Å². The Morgan fingerprint density at radius 2 is 2.17 bits per heavy atom. The predicted molar refractivity (Wildman–Crippen MR) is 92.8 cm³/mol. The van der Waals surface area contributed by atoms with Gasteiger partial charge < -0.3 is 15.2 Å². The summed E-state index contributed by atoms with van der Waals surface area (Å²) in [6, 6.07) is 2.85. The van der Waals surface area contributed by atoms with Crippen molar-refractivity contribution in [1.82, 2.24) is 15.2 Å². The van der Waals surface area contributed by atoms with E-state index in [4.69, 9.17) is 0 Å². The second kappa shape index (κ2) is 8.66. The van der Waals surface area contributed by atoms with Gasteiger partial charge in [-0.25, -0.2) is 0 Å². The highest BCUT2D eigenvalue weighted by Gasteiger charge is 2.28. The molecule has 0 bridgehead atoms.